The van der Waals surface area contributed by atoms with Gasteiger partial charge < -0.3 is 15.5 Å². The standard InChI is InChI=1S/C17H17FN4O4.C2H6/c1-10-2-5-15(14(18)6-10)21-16-13(4-3-11(7-19)20-16)17(25)22-26-9-12(24)8-23;1-2/h2-6,12,23-24H,8-9H2,1H3,(H,20,21)(H,22,25);1-2H3. The number of aliphatic hydroxyl groups is 2. The zero-order chi connectivity index (χ0) is 21.1. The van der Waals surface area contributed by atoms with E-state index in [9.17, 15) is 14.3 Å². The molecular formula is C19H23FN4O4. The van der Waals surface area contributed by atoms with Crippen LogP contribution in [0.15, 0.2) is 30.3 Å². The van der Waals surface area contributed by atoms with E-state index < -0.39 is 24.4 Å². The first-order chi connectivity index (χ1) is 13.4. The van der Waals surface area contributed by atoms with Crippen LogP contribution in [0.5, 0.6) is 0 Å². The number of pyridine rings is 1. The minimum absolute atomic E-state index is 0.00228. The van der Waals surface area contributed by atoms with Crippen molar-refractivity contribution in [2.45, 2.75) is 26.9 Å². The van der Waals surface area contributed by atoms with E-state index >= 15 is 0 Å². The maximum atomic E-state index is 14.0. The molecule has 0 radical (unpaired) electrons. The molecule has 0 saturated heterocycles. The van der Waals surface area contributed by atoms with Crippen molar-refractivity contribution in [2.24, 2.45) is 0 Å². The number of nitriles is 1. The lowest BCUT2D eigenvalue weighted by Gasteiger charge is -2.13. The highest BCUT2D eigenvalue weighted by molar-refractivity contribution is 5.98. The fourth-order valence-electron chi connectivity index (χ4n) is 1.96. The average Bonchev–Trinajstić information content (AvgIpc) is 2.71. The number of amides is 1. The zero-order valence-electron chi connectivity index (χ0n) is 15.9. The summed E-state index contributed by atoms with van der Waals surface area (Å²) < 4.78 is 14.0. The van der Waals surface area contributed by atoms with E-state index in [2.05, 4.69) is 15.8 Å². The third-order valence-corrected chi connectivity index (χ3v) is 3.28. The Morgan fingerprint density at radius 3 is 2.68 bits per heavy atom. The molecule has 150 valence electrons. The lowest BCUT2D eigenvalue weighted by Crippen LogP contribution is -2.30. The highest BCUT2D eigenvalue weighted by atomic mass is 19.1. The largest absolute Gasteiger partial charge is 0.394 e. The second-order valence-corrected chi connectivity index (χ2v) is 5.39. The number of carbonyl (C=O) groups is 1. The van der Waals surface area contributed by atoms with E-state index in [1.807, 2.05) is 19.9 Å². The summed E-state index contributed by atoms with van der Waals surface area (Å²) in [6.07, 6.45) is -1.14. The van der Waals surface area contributed by atoms with E-state index in [-0.39, 0.29) is 29.4 Å². The highest BCUT2D eigenvalue weighted by Gasteiger charge is 2.16. The quantitative estimate of drug-likeness (QED) is 0.534. The number of hydroxylamine groups is 1. The summed E-state index contributed by atoms with van der Waals surface area (Å²) in [5.74, 6) is -1.29. The molecule has 1 unspecified atom stereocenters. The summed E-state index contributed by atoms with van der Waals surface area (Å²) in [6, 6.07) is 8.98. The van der Waals surface area contributed by atoms with Gasteiger partial charge in [-0.15, -0.1) is 0 Å². The molecule has 1 aromatic heterocycles. The van der Waals surface area contributed by atoms with Crippen LogP contribution in [0.3, 0.4) is 0 Å². The summed E-state index contributed by atoms with van der Waals surface area (Å²) in [6.45, 7) is 4.90. The molecule has 0 spiro atoms. The van der Waals surface area contributed by atoms with Crippen LogP contribution in [-0.2, 0) is 4.84 Å². The third-order valence-electron chi connectivity index (χ3n) is 3.28. The number of nitrogens with zero attached hydrogens (tertiary/aromatic N) is 2. The summed E-state index contributed by atoms with van der Waals surface area (Å²) in [7, 11) is 0. The molecule has 28 heavy (non-hydrogen) atoms. The Bertz CT molecular complexity index is 839. The summed E-state index contributed by atoms with van der Waals surface area (Å²) in [5, 5.41) is 29.6. The van der Waals surface area contributed by atoms with Gasteiger partial charge in [0.1, 0.15) is 36.1 Å². The smallest absolute Gasteiger partial charge is 0.278 e. The molecule has 0 saturated carbocycles. The zero-order valence-corrected chi connectivity index (χ0v) is 15.9. The van der Waals surface area contributed by atoms with Crippen LogP contribution in [-0.4, -0.2) is 40.4 Å². The van der Waals surface area contributed by atoms with Gasteiger partial charge in [-0.05, 0) is 36.8 Å². The Kier molecular flexibility index (Phi) is 9.53. The minimum Gasteiger partial charge on any atom is -0.394 e. The number of hydrogen-bond acceptors (Lipinski definition) is 7. The average molecular weight is 390 g/mol. The Labute approximate surface area is 162 Å². The third kappa shape index (κ3) is 6.59. The van der Waals surface area contributed by atoms with Crippen LogP contribution in [0, 0.1) is 24.1 Å². The number of carbonyl (C=O) groups excluding carboxylic acids is 1. The molecule has 1 heterocycles. The van der Waals surface area contributed by atoms with Crippen molar-refractivity contribution in [3.63, 3.8) is 0 Å². The maximum Gasteiger partial charge on any atom is 0.278 e. The number of halogens is 1. The Hall–Kier alpha value is -3.06. The van der Waals surface area contributed by atoms with Gasteiger partial charge >= 0.3 is 0 Å². The van der Waals surface area contributed by atoms with Gasteiger partial charge in [0.25, 0.3) is 5.91 Å². The molecule has 2 rings (SSSR count). The number of aromatic nitrogens is 1. The van der Waals surface area contributed by atoms with Gasteiger partial charge in [0, 0.05) is 0 Å². The Morgan fingerprint density at radius 1 is 1.36 bits per heavy atom. The van der Waals surface area contributed by atoms with Crippen LogP contribution in [0.4, 0.5) is 15.9 Å². The van der Waals surface area contributed by atoms with E-state index in [1.165, 1.54) is 24.3 Å². The second-order valence-electron chi connectivity index (χ2n) is 5.39. The van der Waals surface area contributed by atoms with Gasteiger partial charge in [-0.25, -0.2) is 14.9 Å². The molecule has 0 aliphatic rings. The van der Waals surface area contributed by atoms with Crippen LogP contribution >= 0.6 is 0 Å². The summed E-state index contributed by atoms with van der Waals surface area (Å²) >= 11 is 0. The van der Waals surface area contributed by atoms with Crippen LogP contribution in [0.2, 0.25) is 0 Å². The van der Waals surface area contributed by atoms with Crippen molar-refractivity contribution in [3.8, 4) is 6.07 Å². The number of aliphatic hydroxyl groups excluding tert-OH is 2. The van der Waals surface area contributed by atoms with Gasteiger partial charge in [-0.3, -0.25) is 9.63 Å². The second kappa shape index (κ2) is 11.6. The monoisotopic (exact) mass is 390 g/mol. The number of anilines is 2. The predicted octanol–water partition coefficient (Wildman–Crippen LogP) is 2.19. The van der Waals surface area contributed by atoms with Gasteiger partial charge in [0.05, 0.1) is 17.9 Å². The van der Waals surface area contributed by atoms with Gasteiger partial charge in [-0.1, -0.05) is 19.9 Å². The molecule has 0 bridgehead atoms. The number of aryl methyl sites for hydroxylation is 1. The van der Waals surface area contributed by atoms with Gasteiger partial charge in [0.15, 0.2) is 0 Å². The number of benzene rings is 1. The van der Waals surface area contributed by atoms with Crippen molar-refractivity contribution in [2.75, 3.05) is 18.5 Å². The Balaban J connectivity index is 0.00000190. The molecule has 1 atom stereocenters. The fourth-order valence-corrected chi connectivity index (χ4v) is 1.96. The van der Waals surface area contributed by atoms with Crippen molar-refractivity contribution in [1.82, 2.24) is 10.5 Å². The normalized spacial score (nSPS) is 10.9. The first kappa shape index (κ1) is 23.0. The first-order valence-corrected chi connectivity index (χ1v) is 8.60. The first-order valence-electron chi connectivity index (χ1n) is 8.60. The lowest BCUT2D eigenvalue weighted by molar-refractivity contribution is -0.0295. The van der Waals surface area contributed by atoms with Crippen molar-refractivity contribution in [1.29, 1.82) is 5.26 Å². The molecule has 2 aromatic rings. The van der Waals surface area contributed by atoms with Gasteiger partial charge in [0.2, 0.25) is 0 Å². The van der Waals surface area contributed by atoms with E-state index in [1.54, 1.807) is 13.0 Å². The van der Waals surface area contributed by atoms with Crippen LogP contribution in [0.25, 0.3) is 0 Å². The minimum atomic E-state index is -1.14. The topological polar surface area (TPSA) is 128 Å². The molecule has 1 aromatic carbocycles. The number of nitrogens with one attached hydrogen (secondary N) is 2. The molecule has 8 nitrogen and oxygen atoms in total. The number of rotatable bonds is 7. The highest BCUT2D eigenvalue weighted by Crippen LogP contribution is 2.23. The van der Waals surface area contributed by atoms with E-state index in [0.29, 0.717) is 0 Å². The predicted molar refractivity (Wildman–Crippen MR) is 101 cm³/mol. The summed E-state index contributed by atoms with van der Waals surface area (Å²) in [5.41, 5.74) is 2.93. The molecule has 9 heteroatoms. The van der Waals surface area contributed by atoms with Crippen LogP contribution < -0.4 is 10.8 Å². The molecular weight excluding hydrogens is 367 g/mol. The molecule has 4 N–H and O–H groups in total. The molecule has 0 fully saturated rings. The SMILES string of the molecule is CC.Cc1ccc(Nc2nc(C#N)ccc2C(=O)NOCC(O)CO)c(F)c1. The van der Waals surface area contributed by atoms with Crippen LogP contribution in [0.1, 0.15) is 35.5 Å². The summed E-state index contributed by atoms with van der Waals surface area (Å²) in [4.78, 5) is 21.0. The Morgan fingerprint density at radius 2 is 2.07 bits per heavy atom. The lowest BCUT2D eigenvalue weighted by atomic mass is 10.2. The molecule has 1 amide bonds. The van der Waals surface area contributed by atoms with Crippen molar-refractivity contribution < 1.29 is 24.2 Å². The maximum absolute atomic E-state index is 14.0. The molecule has 0 aliphatic carbocycles. The fraction of sp³-hybridized carbons (Fsp3) is 0.316. The van der Waals surface area contributed by atoms with Gasteiger partial charge in [-0.2, -0.15) is 5.26 Å². The van der Waals surface area contributed by atoms with Crippen molar-refractivity contribution in [3.05, 3.63) is 53.0 Å². The number of hydrogen-bond donors (Lipinski definition) is 4. The molecule has 0 aliphatic heterocycles. The van der Waals surface area contributed by atoms with E-state index in [0.717, 1.165) is 5.56 Å². The van der Waals surface area contributed by atoms with Crippen molar-refractivity contribution >= 4 is 17.4 Å². The van der Waals surface area contributed by atoms with E-state index in [4.69, 9.17) is 15.2 Å².